The van der Waals surface area contributed by atoms with E-state index in [2.05, 4.69) is 40.7 Å². The molecule has 3 rings (SSSR count). The molecule has 0 aliphatic heterocycles. The molecule has 0 amide bonds. The third-order valence-corrected chi connectivity index (χ3v) is 4.01. The normalized spacial score (nSPS) is 14.5. The molecule has 0 aliphatic rings. The summed E-state index contributed by atoms with van der Waals surface area (Å²) >= 11 is 6.35. The number of nitrogens with zero attached hydrogens (tertiary/aromatic N) is 5. The molecule has 2 aromatic heterocycles. The number of fused-ring (bicyclic) bond motifs is 1. The zero-order valence-electron chi connectivity index (χ0n) is 12.6. The van der Waals surface area contributed by atoms with Gasteiger partial charge in [0, 0.05) is 7.05 Å². The van der Waals surface area contributed by atoms with Crippen LogP contribution in [0, 0.1) is 6.92 Å². The van der Waals surface area contributed by atoms with Crippen molar-refractivity contribution in [2.75, 3.05) is 0 Å². The van der Waals surface area contributed by atoms with E-state index in [1.54, 1.807) is 6.33 Å². The molecule has 0 spiro atoms. The molecule has 0 bridgehead atoms. The van der Waals surface area contributed by atoms with Crippen molar-refractivity contribution in [1.82, 2.24) is 24.3 Å². The first kappa shape index (κ1) is 14.1. The van der Waals surface area contributed by atoms with Gasteiger partial charge in [-0.25, -0.2) is 4.98 Å². The fourth-order valence-electron chi connectivity index (χ4n) is 2.75. The molecule has 2 unspecified atom stereocenters. The Kier molecular flexibility index (Phi) is 3.45. The fourth-order valence-corrected chi connectivity index (χ4v) is 2.90. The summed E-state index contributed by atoms with van der Waals surface area (Å²) in [5, 5.41) is 8.02. The van der Waals surface area contributed by atoms with Gasteiger partial charge in [-0.05, 0) is 32.4 Å². The van der Waals surface area contributed by atoms with E-state index < -0.39 is 0 Å². The van der Waals surface area contributed by atoms with E-state index in [0.717, 1.165) is 28.2 Å². The highest BCUT2D eigenvalue weighted by Crippen LogP contribution is 2.31. The Morgan fingerprint density at radius 3 is 2.57 bits per heavy atom. The first-order chi connectivity index (χ1) is 10.0. The number of para-hydroxylation sites is 1. The van der Waals surface area contributed by atoms with Gasteiger partial charge in [0.2, 0.25) is 0 Å². The summed E-state index contributed by atoms with van der Waals surface area (Å²) in [5.41, 5.74) is 3.22. The SMILES string of the molecule is Cc1cccc2c1nc(C(C)Cl)n2C(C)c1nncn1C. The molecule has 2 atom stereocenters. The van der Waals surface area contributed by atoms with Crippen LogP contribution in [0.25, 0.3) is 11.0 Å². The van der Waals surface area contributed by atoms with E-state index in [4.69, 9.17) is 16.6 Å². The van der Waals surface area contributed by atoms with Crippen LogP contribution in [0.2, 0.25) is 0 Å². The molecular weight excluding hydrogens is 286 g/mol. The highest BCUT2D eigenvalue weighted by atomic mass is 35.5. The molecule has 2 heterocycles. The topological polar surface area (TPSA) is 48.5 Å². The van der Waals surface area contributed by atoms with Crippen LogP contribution in [0.5, 0.6) is 0 Å². The Morgan fingerprint density at radius 2 is 1.95 bits per heavy atom. The number of hydrogen-bond donors (Lipinski definition) is 0. The number of imidazole rings is 1. The van der Waals surface area contributed by atoms with Crippen molar-refractivity contribution in [3.05, 3.63) is 41.7 Å². The van der Waals surface area contributed by atoms with E-state index in [1.807, 2.05) is 24.6 Å². The predicted octanol–water partition coefficient (Wildman–Crippen LogP) is 3.38. The summed E-state index contributed by atoms with van der Waals surface area (Å²) in [7, 11) is 1.94. The minimum Gasteiger partial charge on any atom is -0.319 e. The fraction of sp³-hybridized carbons (Fsp3) is 0.400. The van der Waals surface area contributed by atoms with Gasteiger partial charge in [-0.1, -0.05) is 12.1 Å². The van der Waals surface area contributed by atoms with Crippen LogP contribution in [-0.2, 0) is 7.05 Å². The first-order valence-corrected chi connectivity index (χ1v) is 7.39. The Bertz CT molecular complexity index is 787. The second kappa shape index (κ2) is 5.15. The molecule has 1 aromatic carbocycles. The molecule has 0 saturated heterocycles. The van der Waals surface area contributed by atoms with Gasteiger partial charge >= 0.3 is 0 Å². The molecule has 0 fully saturated rings. The van der Waals surface area contributed by atoms with Gasteiger partial charge in [0.1, 0.15) is 12.2 Å². The lowest BCUT2D eigenvalue weighted by atomic mass is 10.2. The lowest BCUT2D eigenvalue weighted by Gasteiger charge is -2.17. The van der Waals surface area contributed by atoms with Gasteiger partial charge in [-0.15, -0.1) is 21.8 Å². The zero-order chi connectivity index (χ0) is 15.1. The van der Waals surface area contributed by atoms with Gasteiger partial charge in [0.15, 0.2) is 5.82 Å². The van der Waals surface area contributed by atoms with Crippen LogP contribution >= 0.6 is 11.6 Å². The average Bonchev–Trinajstić information content (AvgIpc) is 3.02. The molecule has 0 aliphatic carbocycles. The second-order valence-corrected chi connectivity index (χ2v) is 6.03. The van der Waals surface area contributed by atoms with E-state index in [1.165, 1.54) is 0 Å². The van der Waals surface area contributed by atoms with Crippen LogP contribution in [0.4, 0.5) is 0 Å². The number of aromatic nitrogens is 5. The lowest BCUT2D eigenvalue weighted by molar-refractivity contribution is 0.563. The van der Waals surface area contributed by atoms with Gasteiger partial charge in [-0.2, -0.15) is 0 Å². The van der Waals surface area contributed by atoms with E-state index in [0.29, 0.717) is 0 Å². The molecular formula is C15H18ClN5. The monoisotopic (exact) mass is 303 g/mol. The highest BCUT2D eigenvalue weighted by Gasteiger charge is 2.23. The van der Waals surface area contributed by atoms with Crippen molar-refractivity contribution in [2.45, 2.75) is 32.2 Å². The predicted molar refractivity (Wildman–Crippen MR) is 83.6 cm³/mol. The van der Waals surface area contributed by atoms with Crippen LogP contribution in [-0.4, -0.2) is 24.3 Å². The number of hydrogen-bond acceptors (Lipinski definition) is 3. The minimum absolute atomic E-state index is 0.0144. The Morgan fingerprint density at radius 1 is 1.19 bits per heavy atom. The van der Waals surface area contributed by atoms with Crippen molar-refractivity contribution in [3.8, 4) is 0 Å². The van der Waals surface area contributed by atoms with Gasteiger partial charge < -0.3 is 9.13 Å². The molecule has 110 valence electrons. The largest absolute Gasteiger partial charge is 0.319 e. The summed E-state index contributed by atoms with van der Waals surface area (Å²) in [4.78, 5) is 4.75. The van der Waals surface area contributed by atoms with Gasteiger partial charge in [0.05, 0.1) is 22.5 Å². The average molecular weight is 304 g/mol. The molecule has 0 radical (unpaired) electrons. The van der Waals surface area contributed by atoms with E-state index in [9.17, 15) is 0 Å². The molecule has 3 aromatic rings. The summed E-state index contributed by atoms with van der Waals surface area (Å²) in [5.74, 6) is 1.74. The molecule has 6 heteroatoms. The molecule has 0 saturated carbocycles. The Hall–Kier alpha value is -1.88. The molecule has 21 heavy (non-hydrogen) atoms. The number of rotatable bonds is 3. The summed E-state index contributed by atoms with van der Waals surface area (Å²) in [6.45, 7) is 6.10. The van der Waals surface area contributed by atoms with Crippen molar-refractivity contribution in [2.24, 2.45) is 7.05 Å². The van der Waals surface area contributed by atoms with Crippen LogP contribution in [0.15, 0.2) is 24.5 Å². The number of halogens is 1. The number of alkyl halides is 1. The van der Waals surface area contributed by atoms with Crippen molar-refractivity contribution in [3.63, 3.8) is 0 Å². The minimum atomic E-state index is -0.174. The van der Waals surface area contributed by atoms with Crippen LogP contribution in [0.3, 0.4) is 0 Å². The maximum absolute atomic E-state index is 6.35. The first-order valence-electron chi connectivity index (χ1n) is 6.96. The third kappa shape index (κ3) is 2.21. The summed E-state index contributed by atoms with van der Waals surface area (Å²) < 4.78 is 4.08. The number of aryl methyl sites for hydroxylation is 2. The standard InChI is InChI=1S/C15H18ClN5/c1-9-6-5-7-12-13(9)18-14(10(2)16)21(12)11(3)15-19-17-8-20(15)4/h5-8,10-11H,1-4H3. The summed E-state index contributed by atoms with van der Waals surface area (Å²) in [6.07, 6.45) is 1.71. The van der Waals surface area contributed by atoms with Crippen molar-refractivity contribution in [1.29, 1.82) is 0 Å². The maximum atomic E-state index is 6.35. The van der Waals surface area contributed by atoms with Crippen LogP contribution in [0.1, 0.15) is 42.5 Å². The quantitative estimate of drug-likeness (QED) is 0.697. The van der Waals surface area contributed by atoms with Crippen molar-refractivity contribution < 1.29 is 0 Å². The lowest BCUT2D eigenvalue weighted by Crippen LogP contribution is -2.15. The zero-order valence-corrected chi connectivity index (χ0v) is 13.3. The highest BCUT2D eigenvalue weighted by molar-refractivity contribution is 6.20. The number of benzene rings is 1. The Balaban J connectivity index is 2.27. The van der Waals surface area contributed by atoms with Crippen molar-refractivity contribution >= 4 is 22.6 Å². The van der Waals surface area contributed by atoms with E-state index in [-0.39, 0.29) is 11.4 Å². The third-order valence-electron chi connectivity index (χ3n) is 3.81. The van der Waals surface area contributed by atoms with Gasteiger partial charge in [0.25, 0.3) is 0 Å². The molecule has 0 N–H and O–H groups in total. The summed E-state index contributed by atoms with van der Waals surface area (Å²) in [6, 6.07) is 6.20. The van der Waals surface area contributed by atoms with Gasteiger partial charge in [-0.3, -0.25) is 0 Å². The molecule has 5 nitrogen and oxygen atoms in total. The second-order valence-electron chi connectivity index (χ2n) is 5.37. The van der Waals surface area contributed by atoms with Crippen LogP contribution < -0.4 is 0 Å². The Labute approximate surface area is 128 Å². The maximum Gasteiger partial charge on any atom is 0.155 e. The smallest absolute Gasteiger partial charge is 0.155 e. The van der Waals surface area contributed by atoms with E-state index >= 15 is 0 Å².